The standard InChI is InChI=1S/C28H24N2.C4H8.C2H6/c1-4-6-7-10-20(3)24-18-21(13-15-26(24)29-17-5-2)22-14-16-28-25(19-22)23-11-8-9-12-27(23)30-28;1-3-4-2;1-2/h4-19,30H,2-3H2,1H3;3-4H,1-2H3;1-2H3/b6-4-,10-7-,29-17?;4-3-;. The Labute approximate surface area is 216 Å². The number of hydrogen-bond acceptors (Lipinski definition) is 1. The largest absolute Gasteiger partial charge is 0.355 e. The Balaban J connectivity index is 0.000000694. The van der Waals surface area contributed by atoms with Gasteiger partial charge in [-0.25, -0.2) is 0 Å². The fourth-order valence-electron chi connectivity index (χ4n) is 3.62. The van der Waals surface area contributed by atoms with E-state index in [1.54, 1.807) is 12.3 Å². The van der Waals surface area contributed by atoms with Crippen molar-refractivity contribution >= 4 is 39.3 Å². The van der Waals surface area contributed by atoms with Crippen molar-refractivity contribution in [3.8, 4) is 11.1 Å². The Hall–Kier alpha value is -4.17. The molecule has 36 heavy (non-hydrogen) atoms. The number of H-pyrrole nitrogens is 1. The van der Waals surface area contributed by atoms with Crippen LogP contribution in [0.1, 0.15) is 40.2 Å². The van der Waals surface area contributed by atoms with Gasteiger partial charge in [0.05, 0.1) is 5.69 Å². The van der Waals surface area contributed by atoms with E-state index < -0.39 is 0 Å². The van der Waals surface area contributed by atoms with Gasteiger partial charge < -0.3 is 4.98 Å². The van der Waals surface area contributed by atoms with E-state index in [0.29, 0.717) is 0 Å². The van der Waals surface area contributed by atoms with Crippen LogP contribution < -0.4 is 0 Å². The van der Waals surface area contributed by atoms with E-state index in [1.807, 2.05) is 77.1 Å². The summed E-state index contributed by atoms with van der Waals surface area (Å²) in [6, 6.07) is 21.3. The molecule has 0 radical (unpaired) electrons. The van der Waals surface area contributed by atoms with Crippen LogP contribution in [0.4, 0.5) is 5.69 Å². The monoisotopic (exact) mass is 474 g/mol. The smallest absolute Gasteiger partial charge is 0.0708 e. The molecule has 0 aliphatic rings. The van der Waals surface area contributed by atoms with Crippen LogP contribution >= 0.6 is 0 Å². The summed E-state index contributed by atoms with van der Waals surface area (Å²) in [5.74, 6) is 0. The summed E-state index contributed by atoms with van der Waals surface area (Å²) in [4.78, 5) is 8.02. The predicted molar refractivity (Wildman–Crippen MR) is 164 cm³/mol. The van der Waals surface area contributed by atoms with Gasteiger partial charge in [-0.05, 0) is 67.8 Å². The van der Waals surface area contributed by atoms with Gasteiger partial charge in [-0.2, -0.15) is 0 Å². The van der Waals surface area contributed by atoms with E-state index in [1.165, 1.54) is 10.8 Å². The molecule has 0 saturated carbocycles. The minimum Gasteiger partial charge on any atom is -0.355 e. The highest BCUT2D eigenvalue weighted by molar-refractivity contribution is 6.08. The molecule has 4 rings (SSSR count). The Bertz CT molecular complexity index is 1400. The van der Waals surface area contributed by atoms with E-state index in [0.717, 1.165) is 39.0 Å². The summed E-state index contributed by atoms with van der Waals surface area (Å²) < 4.78 is 0. The first-order valence-corrected chi connectivity index (χ1v) is 12.5. The third-order valence-electron chi connectivity index (χ3n) is 5.44. The number of para-hydroxylation sites is 1. The summed E-state index contributed by atoms with van der Waals surface area (Å²) in [5, 5.41) is 2.46. The van der Waals surface area contributed by atoms with Crippen LogP contribution in [-0.4, -0.2) is 11.2 Å². The zero-order valence-corrected chi connectivity index (χ0v) is 22.3. The number of aromatic amines is 1. The van der Waals surface area contributed by atoms with Crippen molar-refractivity contribution in [3.63, 3.8) is 0 Å². The molecule has 0 fully saturated rings. The summed E-state index contributed by atoms with van der Waals surface area (Å²) in [6.07, 6.45) is 15.4. The van der Waals surface area contributed by atoms with E-state index in [4.69, 9.17) is 0 Å². The topological polar surface area (TPSA) is 28.1 Å². The minimum absolute atomic E-state index is 0.877. The lowest BCUT2D eigenvalue weighted by atomic mass is 9.96. The second kappa shape index (κ2) is 15.0. The number of nitrogens with zero attached hydrogens (tertiary/aromatic N) is 1. The van der Waals surface area contributed by atoms with Crippen molar-refractivity contribution in [1.82, 2.24) is 4.98 Å². The van der Waals surface area contributed by atoms with Gasteiger partial charge >= 0.3 is 0 Å². The van der Waals surface area contributed by atoms with Gasteiger partial charge in [-0.3, -0.25) is 4.99 Å². The number of nitrogens with one attached hydrogen (secondary N) is 1. The van der Waals surface area contributed by atoms with Gasteiger partial charge in [0.25, 0.3) is 0 Å². The highest BCUT2D eigenvalue weighted by Crippen LogP contribution is 2.34. The molecule has 0 unspecified atom stereocenters. The Kier molecular flexibility index (Phi) is 11.7. The summed E-state index contributed by atoms with van der Waals surface area (Å²) in [7, 11) is 0. The van der Waals surface area contributed by atoms with Crippen molar-refractivity contribution in [2.24, 2.45) is 4.99 Å². The number of allylic oxidation sites excluding steroid dienone is 8. The highest BCUT2D eigenvalue weighted by Gasteiger charge is 2.09. The maximum atomic E-state index is 4.53. The quantitative estimate of drug-likeness (QED) is 0.163. The Morgan fingerprint density at radius 1 is 0.778 bits per heavy atom. The van der Waals surface area contributed by atoms with Gasteiger partial charge in [-0.15, -0.1) is 0 Å². The van der Waals surface area contributed by atoms with Crippen molar-refractivity contribution < 1.29 is 0 Å². The van der Waals surface area contributed by atoms with Crippen LogP contribution in [0.25, 0.3) is 38.5 Å². The van der Waals surface area contributed by atoms with Crippen LogP contribution in [0.15, 0.2) is 121 Å². The van der Waals surface area contributed by atoms with Crippen LogP contribution in [0.3, 0.4) is 0 Å². The summed E-state index contributed by atoms with van der Waals surface area (Å²) in [6.45, 7) is 18.0. The number of aliphatic imine (C=N–C) groups is 1. The van der Waals surface area contributed by atoms with E-state index >= 15 is 0 Å². The second-order valence-corrected chi connectivity index (χ2v) is 7.75. The van der Waals surface area contributed by atoms with Crippen molar-refractivity contribution in [2.75, 3.05) is 0 Å². The summed E-state index contributed by atoms with van der Waals surface area (Å²) in [5.41, 5.74) is 7.40. The van der Waals surface area contributed by atoms with Gasteiger partial charge in [0, 0.05) is 33.6 Å². The fourth-order valence-corrected chi connectivity index (χ4v) is 3.62. The van der Waals surface area contributed by atoms with Crippen molar-refractivity contribution in [2.45, 2.75) is 34.6 Å². The molecule has 1 N–H and O–H groups in total. The lowest BCUT2D eigenvalue weighted by Crippen LogP contribution is -1.86. The lowest BCUT2D eigenvalue weighted by Gasteiger charge is -2.10. The summed E-state index contributed by atoms with van der Waals surface area (Å²) >= 11 is 0. The molecule has 0 bridgehead atoms. The lowest BCUT2D eigenvalue weighted by molar-refractivity contribution is 1.49. The van der Waals surface area contributed by atoms with Gasteiger partial charge in [0.2, 0.25) is 0 Å². The third-order valence-corrected chi connectivity index (χ3v) is 5.44. The molecule has 0 atom stereocenters. The van der Waals surface area contributed by atoms with Crippen LogP contribution in [0.2, 0.25) is 0 Å². The molecule has 0 aliphatic heterocycles. The maximum Gasteiger partial charge on any atom is 0.0708 e. The number of rotatable bonds is 6. The first kappa shape index (κ1) is 28.1. The van der Waals surface area contributed by atoms with Crippen molar-refractivity contribution in [1.29, 1.82) is 0 Å². The van der Waals surface area contributed by atoms with E-state index in [9.17, 15) is 0 Å². The molecule has 2 heteroatoms. The first-order valence-electron chi connectivity index (χ1n) is 12.5. The molecule has 3 aromatic carbocycles. The molecule has 184 valence electrons. The highest BCUT2D eigenvalue weighted by atomic mass is 14.7. The number of fused-ring (bicyclic) bond motifs is 3. The molecular weight excluding hydrogens is 436 g/mol. The average molecular weight is 475 g/mol. The molecule has 0 saturated heterocycles. The molecular formula is C34H38N2. The number of benzene rings is 3. The molecule has 2 nitrogen and oxygen atoms in total. The van der Waals surface area contributed by atoms with Crippen LogP contribution in [-0.2, 0) is 0 Å². The van der Waals surface area contributed by atoms with Crippen molar-refractivity contribution in [3.05, 3.63) is 122 Å². The Morgan fingerprint density at radius 3 is 2.14 bits per heavy atom. The minimum atomic E-state index is 0.877. The second-order valence-electron chi connectivity index (χ2n) is 7.75. The Morgan fingerprint density at radius 2 is 1.44 bits per heavy atom. The van der Waals surface area contributed by atoms with Gasteiger partial charge in [-0.1, -0.05) is 99.9 Å². The predicted octanol–water partition coefficient (Wildman–Crippen LogP) is 10.6. The maximum absolute atomic E-state index is 4.53. The first-order chi connectivity index (χ1) is 17.6. The SMILES string of the molecule is C/C=C\C.C=CC=Nc1ccc(-c2ccc3[nH]c4ccccc4c3c2)cc1C(=C)/C=C\C=C/C.CC. The van der Waals surface area contributed by atoms with Gasteiger partial charge in [0.1, 0.15) is 0 Å². The number of hydrogen-bond donors (Lipinski definition) is 1. The average Bonchev–Trinajstić information content (AvgIpc) is 3.31. The zero-order valence-electron chi connectivity index (χ0n) is 22.3. The zero-order chi connectivity index (χ0) is 26.3. The van der Waals surface area contributed by atoms with E-state index in [-0.39, 0.29) is 0 Å². The third kappa shape index (κ3) is 7.16. The molecule has 0 aliphatic carbocycles. The van der Waals surface area contributed by atoms with Gasteiger partial charge in [0.15, 0.2) is 0 Å². The molecule has 1 heterocycles. The van der Waals surface area contributed by atoms with Crippen LogP contribution in [0, 0.1) is 0 Å². The molecule has 1 aromatic heterocycles. The van der Waals surface area contributed by atoms with Crippen LogP contribution in [0.5, 0.6) is 0 Å². The molecule has 4 aromatic rings. The fraction of sp³-hybridized carbons (Fsp3) is 0.147. The molecule has 0 amide bonds. The number of aromatic nitrogens is 1. The normalized spacial score (nSPS) is 11.2. The molecule has 0 spiro atoms. The van der Waals surface area contributed by atoms with E-state index in [2.05, 4.69) is 77.7 Å².